The molecule has 0 aliphatic carbocycles. The smallest absolute Gasteiger partial charge is 0.124 e. The molecule has 0 aliphatic rings. The average molecular weight is 272 g/mol. The number of halogens is 2. The van der Waals surface area contributed by atoms with Crippen LogP contribution in [0.3, 0.4) is 0 Å². The van der Waals surface area contributed by atoms with Gasteiger partial charge in [-0.15, -0.1) is 11.3 Å². The highest BCUT2D eigenvalue weighted by Gasteiger charge is 2.15. The predicted molar refractivity (Wildman–Crippen MR) is 66.9 cm³/mol. The minimum Gasteiger partial charge on any atom is -0.387 e. The molecule has 0 saturated heterocycles. The molecule has 2 rings (SSSR count). The summed E-state index contributed by atoms with van der Waals surface area (Å²) in [5.74, 6) is -0.373. The number of nitrogens with zero attached hydrogens (tertiary/aromatic N) is 1. The number of rotatable bonds is 3. The molecule has 1 heterocycles. The van der Waals surface area contributed by atoms with E-state index in [1.807, 2.05) is 6.92 Å². The highest BCUT2D eigenvalue weighted by atomic mass is 35.5. The van der Waals surface area contributed by atoms with Gasteiger partial charge in [-0.25, -0.2) is 9.37 Å². The lowest BCUT2D eigenvalue weighted by atomic mass is 10.1. The highest BCUT2D eigenvalue weighted by molar-refractivity contribution is 7.09. The number of hydrogen-bond acceptors (Lipinski definition) is 3. The summed E-state index contributed by atoms with van der Waals surface area (Å²) >= 11 is 7.32. The topological polar surface area (TPSA) is 33.1 Å². The van der Waals surface area contributed by atoms with E-state index in [-0.39, 0.29) is 5.82 Å². The van der Waals surface area contributed by atoms with Crippen LogP contribution in [-0.2, 0) is 6.42 Å². The largest absolute Gasteiger partial charge is 0.387 e. The van der Waals surface area contributed by atoms with E-state index in [1.54, 1.807) is 11.6 Å². The average Bonchev–Trinajstić information content (AvgIpc) is 2.68. The van der Waals surface area contributed by atoms with Gasteiger partial charge >= 0.3 is 0 Å². The van der Waals surface area contributed by atoms with Crippen molar-refractivity contribution >= 4 is 22.9 Å². The molecular weight excluding hydrogens is 261 g/mol. The predicted octanol–water partition coefficient (Wildman–Crippen LogP) is 3.52. The molecule has 0 saturated carbocycles. The van der Waals surface area contributed by atoms with Gasteiger partial charge < -0.3 is 5.11 Å². The van der Waals surface area contributed by atoms with Gasteiger partial charge in [0.25, 0.3) is 0 Å². The van der Waals surface area contributed by atoms with Crippen molar-refractivity contribution in [2.75, 3.05) is 0 Å². The fourth-order valence-electron chi connectivity index (χ4n) is 1.62. The first kappa shape index (κ1) is 12.5. The number of benzene rings is 1. The first-order valence-electron chi connectivity index (χ1n) is 5.10. The van der Waals surface area contributed by atoms with Gasteiger partial charge in [0, 0.05) is 11.4 Å². The van der Waals surface area contributed by atoms with E-state index in [4.69, 9.17) is 11.6 Å². The Morgan fingerprint density at radius 3 is 2.88 bits per heavy atom. The Labute approximate surface area is 108 Å². The molecule has 1 aromatic heterocycles. The van der Waals surface area contributed by atoms with Crippen LogP contribution in [0.15, 0.2) is 23.7 Å². The van der Waals surface area contributed by atoms with Crippen LogP contribution in [0, 0.1) is 12.7 Å². The Kier molecular flexibility index (Phi) is 3.76. The molecule has 0 amide bonds. The van der Waals surface area contributed by atoms with Crippen molar-refractivity contribution in [2.45, 2.75) is 19.4 Å². The summed E-state index contributed by atoms with van der Waals surface area (Å²) in [7, 11) is 0. The molecule has 90 valence electrons. The van der Waals surface area contributed by atoms with Crippen molar-refractivity contribution in [2.24, 2.45) is 0 Å². The van der Waals surface area contributed by atoms with Crippen molar-refractivity contribution < 1.29 is 9.50 Å². The number of aliphatic hydroxyl groups is 1. The zero-order valence-electron chi connectivity index (χ0n) is 9.15. The van der Waals surface area contributed by atoms with Crippen molar-refractivity contribution in [3.63, 3.8) is 0 Å². The number of aryl methyl sites for hydroxylation is 1. The van der Waals surface area contributed by atoms with Gasteiger partial charge in [0.1, 0.15) is 5.82 Å². The third-order valence-corrected chi connectivity index (χ3v) is 3.90. The molecular formula is C12H11ClFNOS. The van der Waals surface area contributed by atoms with Gasteiger partial charge in [-0.3, -0.25) is 0 Å². The van der Waals surface area contributed by atoms with Crippen LogP contribution in [0.1, 0.15) is 22.2 Å². The SMILES string of the molecule is Cc1ncsc1C(O)Cc1ccc(F)cc1Cl. The lowest BCUT2D eigenvalue weighted by Gasteiger charge is -2.10. The van der Waals surface area contributed by atoms with E-state index in [0.717, 1.165) is 16.1 Å². The van der Waals surface area contributed by atoms with Crippen LogP contribution in [0.25, 0.3) is 0 Å². The standard InChI is InChI=1S/C12H11ClFNOS/c1-7-12(17-6-15-7)11(16)4-8-2-3-9(14)5-10(8)13/h2-3,5-6,11,16H,4H2,1H3. The summed E-state index contributed by atoms with van der Waals surface area (Å²) in [5, 5.41) is 10.4. The van der Waals surface area contributed by atoms with Gasteiger partial charge in [-0.05, 0) is 24.6 Å². The van der Waals surface area contributed by atoms with Gasteiger partial charge in [0.15, 0.2) is 0 Å². The lowest BCUT2D eigenvalue weighted by molar-refractivity contribution is 0.181. The molecule has 1 N–H and O–H groups in total. The molecule has 1 atom stereocenters. The summed E-state index contributed by atoms with van der Waals surface area (Å²) in [6, 6.07) is 4.19. The molecule has 1 unspecified atom stereocenters. The van der Waals surface area contributed by atoms with Crippen LogP contribution in [0.4, 0.5) is 4.39 Å². The molecule has 2 aromatic rings. The quantitative estimate of drug-likeness (QED) is 0.927. The maximum Gasteiger partial charge on any atom is 0.124 e. The minimum absolute atomic E-state index is 0.339. The van der Waals surface area contributed by atoms with Crippen LogP contribution < -0.4 is 0 Å². The van der Waals surface area contributed by atoms with Gasteiger partial charge in [-0.1, -0.05) is 17.7 Å². The Balaban J connectivity index is 2.19. The van der Waals surface area contributed by atoms with E-state index < -0.39 is 6.10 Å². The summed E-state index contributed by atoms with van der Waals surface area (Å²) in [6.07, 6.45) is -0.284. The maximum absolute atomic E-state index is 12.9. The van der Waals surface area contributed by atoms with Crippen molar-refractivity contribution in [1.82, 2.24) is 4.98 Å². The third-order valence-electron chi connectivity index (χ3n) is 2.51. The third kappa shape index (κ3) is 2.83. The van der Waals surface area contributed by atoms with Crippen molar-refractivity contribution in [3.8, 4) is 0 Å². The van der Waals surface area contributed by atoms with Crippen molar-refractivity contribution in [1.29, 1.82) is 0 Å². The van der Waals surface area contributed by atoms with Gasteiger partial charge in [0.05, 0.1) is 22.2 Å². The number of thiazole rings is 1. The first-order valence-corrected chi connectivity index (χ1v) is 6.35. The molecule has 0 bridgehead atoms. The van der Waals surface area contributed by atoms with Crippen LogP contribution in [0.2, 0.25) is 5.02 Å². The normalized spacial score (nSPS) is 12.7. The molecule has 0 fully saturated rings. The van der Waals surface area contributed by atoms with E-state index >= 15 is 0 Å². The maximum atomic E-state index is 12.9. The van der Waals surface area contributed by atoms with Crippen LogP contribution in [0.5, 0.6) is 0 Å². The first-order chi connectivity index (χ1) is 8.08. The molecule has 17 heavy (non-hydrogen) atoms. The number of hydrogen-bond donors (Lipinski definition) is 1. The summed E-state index contributed by atoms with van der Waals surface area (Å²) in [6.45, 7) is 1.85. The van der Waals surface area contributed by atoms with E-state index in [2.05, 4.69) is 4.98 Å². The molecule has 0 aliphatic heterocycles. The van der Waals surface area contributed by atoms with Crippen LogP contribution >= 0.6 is 22.9 Å². The molecule has 5 heteroatoms. The Morgan fingerprint density at radius 2 is 2.29 bits per heavy atom. The van der Waals surface area contributed by atoms with E-state index in [0.29, 0.717) is 11.4 Å². The van der Waals surface area contributed by atoms with Crippen LogP contribution in [-0.4, -0.2) is 10.1 Å². The molecule has 1 aromatic carbocycles. The molecule has 0 spiro atoms. The summed E-state index contributed by atoms with van der Waals surface area (Å²) in [5.41, 5.74) is 3.24. The molecule has 0 radical (unpaired) electrons. The van der Waals surface area contributed by atoms with Crippen molar-refractivity contribution in [3.05, 3.63) is 50.7 Å². The summed E-state index contributed by atoms with van der Waals surface area (Å²) in [4.78, 5) is 4.91. The Bertz CT molecular complexity index is 529. The number of aromatic nitrogens is 1. The second kappa shape index (κ2) is 5.12. The summed E-state index contributed by atoms with van der Waals surface area (Å²) < 4.78 is 12.9. The Hall–Kier alpha value is -0.970. The highest BCUT2D eigenvalue weighted by Crippen LogP contribution is 2.27. The number of aliphatic hydroxyl groups excluding tert-OH is 1. The molecule has 2 nitrogen and oxygen atoms in total. The zero-order valence-corrected chi connectivity index (χ0v) is 10.7. The minimum atomic E-state index is -0.648. The second-order valence-corrected chi connectivity index (χ2v) is 5.05. The monoisotopic (exact) mass is 271 g/mol. The fourth-order valence-corrected chi connectivity index (χ4v) is 2.65. The fraction of sp³-hybridized carbons (Fsp3) is 0.250. The van der Waals surface area contributed by atoms with E-state index in [1.165, 1.54) is 23.5 Å². The second-order valence-electron chi connectivity index (χ2n) is 3.76. The Morgan fingerprint density at radius 1 is 1.53 bits per heavy atom. The lowest BCUT2D eigenvalue weighted by Crippen LogP contribution is -2.02. The van der Waals surface area contributed by atoms with Gasteiger partial charge in [-0.2, -0.15) is 0 Å². The zero-order chi connectivity index (χ0) is 12.4. The van der Waals surface area contributed by atoms with Gasteiger partial charge in [0.2, 0.25) is 0 Å². The van der Waals surface area contributed by atoms with E-state index in [9.17, 15) is 9.50 Å².